The first-order valence-corrected chi connectivity index (χ1v) is 7.98. The van der Waals surface area contributed by atoms with E-state index in [0.717, 1.165) is 5.56 Å². The second-order valence-corrected chi connectivity index (χ2v) is 6.63. The number of ether oxygens (including phenoxy) is 1. The van der Waals surface area contributed by atoms with E-state index in [9.17, 15) is 8.42 Å². The Balaban J connectivity index is 2.36. The largest absolute Gasteiger partial charge is 0.496 e. The zero-order chi connectivity index (χ0) is 14.8. The average Bonchev–Trinajstić information content (AvgIpc) is 2.41. The van der Waals surface area contributed by atoms with Gasteiger partial charge in [0.05, 0.1) is 22.2 Å². The molecule has 0 bridgehead atoms. The number of halogens is 1. The third-order valence-electron chi connectivity index (χ3n) is 2.70. The quantitative estimate of drug-likeness (QED) is 0.914. The molecule has 1 aromatic heterocycles. The molecular formula is C13H13BrN2O3S. The van der Waals surface area contributed by atoms with E-state index in [1.54, 1.807) is 25.3 Å². The van der Waals surface area contributed by atoms with Crippen LogP contribution in [0.4, 0.5) is 5.69 Å². The van der Waals surface area contributed by atoms with Crippen molar-refractivity contribution in [3.05, 3.63) is 46.7 Å². The van der Waals surface area contributed by atoms with Crippen molar-refractivity contribution >= 4 is 31.6 Å². The minimum atomic E-state index is -3.65. The first-order chi connectivity index (χ1) is 9.44. The van der Waals surface area contributed by atoms with Crippen LogP contribution < -0.4 is 9.46 Å². The summed E-state index contributed by atoms with van der Waals surface area (Å²) < 4.78 is 32.8. The number of nitrogens with one attached hydrogen (secondary N) is 1. The van der Waals surface area contributed by atoms with Gasteiger partial charge in [-0.15, -0.1) is 0 Å². The molecule has 0 fully saturated rings. The maximum Gasteiger partial charge on any atom is 0.261 e. The highest BCUT2D eigenvalue weighted by Crippen LogP contribution is 2.28. The minimum Gasteiger partial charge on any atom is -0.496 e. The van der Waals surface area contributed by atoms with E-state index in [0.29, 0.717) is 15.9 Å². The molecule has 1 heterocycles. The Kier molecular flexibility index (Phi) is 4.29. The summed E-state index contributed by atoms with van der Waals surface area (Å²) in [7, 11) is -2.13. The van der Waals surface area contributed by atoms with Crippen molar-refractivity contribution in [2.24, 2.45) is 0 Å². The van der Waals surface area contributed by atoms with Gasteiger partial charge in [0, 0.05) is 12.4 Å². The average molecular weight is 357 g/mol. The molecular weight excluding hydrogens is 344 g/mol. The van der Waals surface area contributed by atoms with Crippen LogP contribution in [0.15, 0.2) is 46.0 Å². The molecule has 0 aliphatic rings. The second-order valence-electron chi connectivity index (χ2n) is 4.09. The fourth-order valence-corrected chi connectivity index (χ4v) is 3.45. The zero-order valence-electron chi connectivity index (χ0n) is 10.9. The molecule has 0 aliphatic carbocycles. The van der Waals surface area contributed by atoms with Crippen LogP contribution in [0.25, 0.3) is 0 Å². The lowest BCUT2D eigenvalue weighted by Gasteiger charge is -2.11. The van der Waals surface area contributed by atoms with Crippen LogP contribution in [-0.4, -0.2) is 20.5 Å². The summed E-state index contributed by atoms with van der Waals surface area (Å²) in [4.78, 5) is 4.08. The smallest absolute Gasteiger partial charge is 0.261 e. The first kappa shape index (κ1) is 14.8. The van der Waals surface area contributed by atoms with E-state index in [2.05, 4.69) is 25.6 Å². The zero-order valence-corrected chi connectivity index (χ0v) is 13.3. The summed E-state index contributed by atoms with van der Waals surface area (Å²) in [5.41, 5.74) is 1.26. The second kappa shape index (κ2) is 5.80. The van der Waals surface area contributed by atoms with Gasteiger partial charge in [-0.1, -0.05) is 0 Å². The molecule has 1 N–H and O–H groups in total. The summed E-state index contributed by atoms with van der Waals surface area (Å²) in [5.74, 6) is 0.573. The van der Waals surface area contributed by atoms with Gasteiger partial charge in [-0.2, -0.15) is 0 Å². The molecule has 0 amide bonds. The maximum absolute atomic E-state index is 12.3. The molecule has 5 nitrogen and oxygen atoms in total. The van der Waals surface area contributed by atoms with Crippen molar-refractivity contribution < 1.29 is 13.2 Å². The summed E-state index contributed by atoms with van der Waals surface area (Å²) >= 11 is 3.27. The van der Waals surface area contributed by atoms with E-state index in [1.807, 2.05) is 0 Å². The molecule has 20 heavy (non-hydrogen) atoms. The number of methoxy groups -OCH3 is 1. The Morgan fingerprint density at radius 3 is 2.65 bits per heavy atom. The lowest BCUT2D eigenvalue weighted by Crippen LogP contribution is -2.13. The predicted molar refractivity (Wildman–Crippen MR) is 80.5 cm³/mol. The monoisotopic (exact) mass is 356 g/mol. The van der Waals surface area contributed by atoms with Gasteiger partial charge in [-0.3, -0.25) is 9.71 Å². The van der Waals surface area contributed by atoms with Gasteiger partial charge in [-0.05, 0) is 52.7 Å². The number of pyridine rings is 1. The fourth-order valence-electron chi connectivity index (χ4n) is 1.61. The Morgan fingerprint density at radius 2 is 2.05 bits per heavy atom. The number of hydrogen-bond acceptors (Lipinski definition) is 4. The standard InChI is InChI=1S/C13H13BrN2O3S/c1-9-8-15-6-5-12(9)16-20(17,18)10-3-4-13(19-2)11(14)7-10/h3-8H,1-2H3,(H,15,16). The summed E-state index contributed by atoms with van der Waals surface area (Å²) in [5, 5.41) is 0. The molecule has 106 valence electrons. The summed E-state index contributed by atoms with van der Waals surface area (Å²) in [6.07, 6.45) is 3.14. The van der Waals surface area contributed by atoms with Gasteiger partial charge in [0.15, 0.2) is 0 Å². The number of sulfonamides is 1. The van der Waals surface area contributed by atoms with Crippen LogP contribution >= 0.6 is 15.9 Å². The summed E-state index contributed by atoms with van der Waals surface area (Å²) in [6.45, 7) is 1.79. The number of aryl methyl sites for hydroxylation is 1. The molecule has 0 aliphatic heterocycles. The van der Waals surface area contributed by atoms with Crippen molar-refractivity contribution in [3.63, 3.8) is 0 Å². The van der Waals surface area contributed by atoms with E-state index in [4.69, 9.17) is 4.74 Å². The van der Waals surface area contributed by atoms with Gasteiger partial charge in [0.1, 0.15) is 5.75 Å². The highest BCUT2D eigenvalue weighted by atomic mass is 79.9. The van der Waals surface area contributed by atoms with Gasteiger partial charge < -0.3 is 4.74 Å². The molecule has 0 radical (unpaired) electrons. The van der Waals surface area contributed by atoms with E-state index in [1.165, 1.54) is 25.4 Å². The third-order valence-corrected chi connectivity index (χ3v) is 4.68. The molecule has 2 aromatic rings. The van der Waals surface area contributed by atoms with Crippen molar-refractivity contribution in [1.82, 2.24) is 4.98 Å². The molecule has 0 unspecified atom stereocenters. The minimum absolute atomic E-state index is 0.154. The Morgan fingerprint density at radius 1 is 1.30 bits per heavy atom. The predicted octanol–water partition coefficient (Wildman–Crippen LogP) is 2.96. The van der Waals surface area contributed by atoms with Crippen LogP contribution in [0.5, 0.6) is 5.75 Å². The van der Waals surface area contributed by atoms with Gasteiger partial charge in [0.25, 0.3) is 10.0 Å². The molecule has 0 atom stereocenters. The first-order valence-electron chi connectivity index (χ1n) is 5.71. The molecule has 0 saturated carbocycles. The number of anilines is 1. The van der Waals surface area contributed by atoms with Crippen LogP contribution in [-0.2, 0) is 10.0 Å². The van der Waals surface area contributed by atoms with Crippen molar-refractivity contribution in [1.29, 1.82) is 0 Å². The van der Waals surface area contributed by atoms with Crippen molar-refractivity contribution in [3.8, 4) is 5.75 Å². The molecule has 0 spiro atoms. The summed E-state index contributed by atoms with van der Waals surface area (Å²) in [6, 6.07) is 6.20. The fraction of sp³-hybridized carbons (Fsp3) is 0.154. The molecule has 2 rings (SSSR count). The third kappa shape index (κ3) is 3.10. The SMILES string of the molecule is COc1ccc(S(=O)(=O)Nc2ccncc2C)cc1Br. The van der Waals surface area contributed by atoms with E-state index < -0.39 is 10.0 Å². The highest BCUT2D eigenvalue weighted by Gasteiger charge is 2.16. The topological polar surface area (TPSA) is 68.3 Å². The lowest BCUT2D eigenvalue weighted by molar-refractivity contribution is 0.411. The lowest BCUT2D eigenvalue weighted by atomic mass is 10.3. The van der Waals surface area contributed by atoms with E-state index in [-0.39, 0.29) is 4.90 Å². The van der Waals surface area contributed by atoms with Crippen molar-refractivity contribution in [2.45, 2.75) is 11.8 Å². The number of hydrogen-bond donors (Lipinski definition) is 1. The Labute approximate surface area is 126 Å². The van der Waals surface area contributed by atoms with Gasteiger partial charge in [-0.25, -0.2) is 8.42 Å². The number of nitrogens with zero attached hydrogens (tertiary/aromatic N) is 1. The van der Waals surface area contributed by atoms with Gasteiger partial charge >= 0.3 is 0 Å². The van der Waals surface area contributed by atoms with Crippen LogP contribution in [0.2, 0.25) is 0 Å². The number of aromatic nitrogens is 1. The molecule has 7 heteroatoms. The van der Waals surface area contributed by atoms with E-state index >= 15 is 0 Å². The van der Waals surface area contributed by atoms with Crippen molar-refractivity contribution in [2.75, 3.05) is 11.8 Å². The molecule has 0 saturated heterocycles. The van der Waals surface area contributed by atoms with Crippen LogP contribution in [0, 0.1) is 6.92 Å². The Bertz CT molecular complexity index is 732. The molecule has 1 aromatic carbocycles. The van der Waals surface area contributed by atoms with Crippen LogP contribution in [0.1, 0.15) is 5.56 Å². The highest BCUT2D eigenvalue weighted by molar-refractivity contribution is 9.10. The Hall–Kier alpha value is -1.60. The number of benzene rings is 1. The van der Waals surface area contributed by atoms with Gasteiger partial charge in [0.2, 0.25) is 0 Å². The van der Waals surface area contributed by atoms with Crippen LogP contribution in [0.3, 0.4) is 0 Å². The normalized spacial score (nSPS) is 11.2. The maximum atomic E-state index is 12.3. The number of rotatable bonds is 4.